The van der Waals surface area contributed by atoms with Gasteiger partial charge in [0, 0.05) is 233 Å². The minimum absolute atomic E-state index is 0.00359. The zero-order valence-corrected chi connectivity index (χ0v) is 78.1. The first kappa shape index (κ1) is 97.0. The fourth-order valence-corrected chi connectivity index (χ4v) is 19.1. The number of hydrogen-bond donors (Lipinski definition) is 8. The van der Waals surface area contributed by atoms with E-state index < -0.39 is 12.2 Å². The molecule has 4 aromatic heterocycles. The predicted molar refractivity (Wildman–Crippen MR) is 511 cm³/mol. The first-order valence-corrected chi connectivity index (χ1v) is 47.5. The Bertz CT molecular complexity index is 4800. The summed E-state index contributed by atoms with van der Waals surface area (Å²) >= 11 is 32.5. The fraction of sp³-hybridized carbons (Fsp3) is 0.520. The zero-order valence-electron chi connectivity index (χ0n) is 74.4. The van der Waals surface area contributed by atoms with Gasteiger partial charge in [0.1, 0.15) is 23.8 Å². The van der Waals surface area contributed by atoms with Crippen molar-refractivity contribution in [1.82, 2.24) is 41.2 Å². The summed E-state index contributed by atoms with van der Waals surface area (Å²) in [7, 11) is 0. The van der Waals surface area contributed by atoms with Crippen LogP contribution in [0.25, 0.3) is 44.5 Å². The highest BCUT2D eigenvalue weighted by Gasteiger charge is 2.33. The van der Waals surface area contributed by atoms with E-state index in [9.17, 15) is 19.2 Å². The highest BCUT2D eigenvalue weighted by molar-refractivity contribution is 6.37. The van der Waals surface area contributed by atoms with Gasteiger partial charge in [-0.05, 0) is 236 Å². The molecule has 0 spiro atoms. The fourth-order valence-electron chi connectivity index (χ4n) is 18.0. The Kier molecular flexibility index (Phi) is 36.6. The van der Waals surface area contributed by atoms with E-state index in [2.05, 4.69) is 153 Å². The molecule has 8 fully saturated rings. The number of rotatable bonds is 28. The molecule has 8 aliphatic rings. The lowest BCUT2D eigenvalue weighted by molar-refractivity contribution is -0.131. The third-order valence-corrected chi connectivity index (χ3v) is 26.7. The van der Waals surface area contributed by atoms with Crippen molar-refractivity contribution in [3.8, 4) is 44.5 Å². The second-order valence-electron chi connectivity index (χ2n) is 36.7. The molecule has 0 bridgehead atoms. The summed E-state index contributed by atoms with van der Waals surface area (Å²) in [5.74, 6) is 4.20. The van der Waals surface area contributed by atoms with E-state index in [1.807, 2.05) is 66.7 Å². The van der Waals surface area contributed by atoms with Crippen LogP contribution in [0.2, 0.25) is 25.1 Å². The van der Waals surface area contributed by atoms with Gasteiger partial charge >= 0.3 is 0 Å². The molecule has 8 N–H and O–H groups in total. The Hall–Kier alpha value is -7.59. The molecule has 682 valence electrons. The second-order valence-corrected chi connectivity index (χ2v) is 38.8. The number of carbonyl (C=O) groups is 4. The summed E-state index contributed by atoms with van der Waals surface area (Å²) in [6.45, 7) is 28.9. The van der Waals surface area contributed by atoms with E-state index in [4.69, 9.17) is 86.4 Å². The number of nitrogens with one attached hydrogen (secondary N) is 8. The van der Waals surface area contributed by atoms with Crippen LogP contribution in [-0.4, -0.2) is 198 Å². The molecular weight excluding hydrogens is 1710 g/mol. The van der Waals surface area contributed by atoms with Crippen molar-refractivity contribution < 1.29 is 47.6 Å². The van der Waals surface area contributed by atoms with Crippen LogP contribution in [0.4, 0.5) is 22.7 Å². The van der Waals surface area contributed by atoms with Crippen LogP contribution < -0.4 is 42.5 Å². The number of ketones is 4. The Labute approximate surface area is 774 Å². The van der Waals surface area contributed by atoms with E-state index in [0.29, 0.717) is 111 Å². The minimum atomic E-state index is -0.439. The standard InChI is InChI=1S/C25H31Cl2N3O3.C25H32ClN3O3.2C25H32ClN3O2/c1-25(2)12-16(5-7-33-25)13-29-17-3-4-21(26)19(9-17)20-10-18(30-14-22(20)27)11-23(31)24-15-28-6-8-32-24;1-25(2)13-17(6-8-32-25)14-28-19-5-3-4-18(10-19)21-11-20(29-15-22(21)26)12-23(30)24-16-27-7-9-31-24;2*1-17-9-20(15-27-13-17)25(30)12-22-11-23(24(26)16-29-22)19-3-2-4-21(10-19)28-14-18-5-7-31-8-6-18/h3-4,9-10,14,16,24,28-29H,5-8,11-13,15H2,1-2H3;3-5,10-11,15,17,24,27-28H,6-9,12-14,16H2,1-2H3;2*2-4,10-11,16-18,20,27-28H,5-9,12-15H2,1H3/t16-,24-;17-,24-;17-,20+;17-,20-/m1111/s1. The lowest BCUT2D eigenvalue weighted by Gasteiger charge is -2.35. The molecular formula is C100H127Cl5N12O10. The maximum absolute atomic E-state index is 12.8. The first-order chi connectivity index (χ1) is 61.4. The molecule has 12 heterocycles. The molecule has 8 aliphatic heterocycles. The minimum Gasteiger partial charge on any atom is -0.385 e. The van der Waals surface area contributed by atoms with E-state index in [0.717, 1.165) is 248 Å². The van der Waals surface area contributed by atoms with Gasteiger partial charge < -0.3 is 71.0 Å². The van der Waals surface area contributed by atoms with Crippen LogP contribution in [-0.2, 0) is 73.3 Å². The molecule has 22 nitrogen and oxygen atoms in total. The summed E-state index contributed by atoms with van der Waals surface area (Å²) in [4.78, 5) is 68.4. The zero-order chi connectivity index (χ0) is 89.2. The Balaban J connectivity index is 0.000000145. The maximum Gasteiger partial charge on any atom is 0.168 e. The van der Waals surface area contributed by atoms with Crippen molar-refractivity contribution in [3.63, 3.8) is 0 Å². The Morgan fingerprint density at radius 3 is 1.07 bits per heavy atom. The van der Waals surface area contributed by atoms with Gasteiger partial charge in [-0.1, -0.05) is 108 Å². The monoisotopic (exact) mass is 1830 g/mol. The molecule has 16 rings (SSSR count). The van der Waals surface area contributed by atoms with Gasteiger partial charge in [0.15, 0.2) is 11.6 Å². The number of ether oxygens (including phenoxy) is 6. The normalized spacial score (nSPS) is 22.5. The molecule has 4 aromatic carbocycles. The molecule has 127 heavy (non-hydrogen) atoms. The molecule has 0 amide bonds. The molecule has 8 atom stereocenters. The molecule has 0 aliphatic carbocycles. The van der Waals surface area contributed by atoms with Crippen molar-refractivity contribution in [2.45, 2.75) is 155 Å². The molecule has 0 unspecified atom stereocenters. The number of piperidine rings is 2. The number of nitrogens with zero attached hydrogens (tertiary/aromatic N) is 4. The van der Waals surface area contributed by atoms with Crippen LogP contribution in [0, 0.1) is 47.3 Å². The molecule has 8 aromatic rings. The van der Waals surface area contributed by atoms with Crippen LogP contribution in [0.15, 0.2) is 140 Å². The van der Waals surface area contributed by atoms with E-state index in [-0.39, 0.29) is 59.0 Å². The Morgan fingerprint density at radius 1 is 0.370 bits per heavy atom. The predicted octanol–water partition coefficient (Wildman–Crippen LogP) is 18.1. The van der Waals surface area contributed by atoms with Crippen molar-refractivity contribution >= 4 is 104 Å². The largest absolute Gasteiger partial charge is 0.385 e. The number of aromatic nitrogens is 4. The first-order valence-electron chi connectivity index (χ1n) is 45.6. The van der Waals surface area contributed by atoms with Crippen molar-refractivity contribution in [1.29, 1.82) is 0 Å². The lowest BCUT2D eigenvalue weighted by atomic mass is 9.87. The van der Waals surface area contributed by atoms with Gasteiger partial charge in [-0.2, -0.15) is 0 Å². The Morgan fingerprint density at radius 2 is 0.709 bits per heavy atom. The second kappa shape index (κ2) is 48.0. The van der Waals surface area contributed by atoms with Crippen LogP contribution in [0.1, 0.15) is 129 Å². The average molecular weight is 1830 g/mol. The van der Waals surface area contributed by atoms with Gasteiger partial charge in [-0.15, -0.1) is 0 Å². The quantitative estimate of drug-likeness (QED) is 0.0226. The molecule has 0 radical (unpaired) electrons. The van der Waals surface area contributed by atoms with Crippen molar-refractivity contribution in [2.75, 3.05) is 153 Å². The summed E-state index contributed by atoms with van der Waals surface area (Å²) in [6, 6.07) is 38.4. The van der Waals surface area contributed by atoms with Crippen molar-refractivity contribution in [3.05, 3.63) is 188 Å². The summed E-state index contributed by atoms with van der Waals surface area (Å²) in [5, 5.41) is 30.2. The number of carbonyl (C=O) groups excluding carboxylic acids is 4. The van der Waals surface area contributed by atoms with E-state index in [1.54, 1.807) is 24.8 Å². The number of pyridine rings is 4. The number of morpholine rings is 2. The highest BCUT2D eigenvalue weighted by atomic mass is 35.5. The van der Waals surface area contributed by atoms with Gasteiger partial charge in [-0.25, -0.2) is 0 Å². The summed E-state index contributed by atoms with van der Waals surface area (Å²) in [5.41, 5.74) is 14.3. The van der Waals surface area contributed by atoms with E-state index in [1.165, 1.54) is 0 Å². The van der Waals surface area contributed by atoms with Crippen LogP contribution in [0.5, 0.6) is 0 Å². The lowest BCUT2D eigenvalue weighted by Crippen LogP contribution is -2.43. The van der Waals surface area contributed by atoms with E-state index >= 15 is 0 Å². The SMILES string of the molecule is CC1(C)C[C@H](CNc2ccc(Cl)c(-c3cc(CC(=O)[C@H]4CNCCO4)ncc3Cl)c2)CCO1.CC1(C)C[C@H](CNc2cccc(-c3cc(CC(=O)[C@H]4CNCCO4)ncc3Cl)c2)CCO1.C[C@H]1CNC[C@@H](C(=O)Cc2cc(-c3cccc(NCC4CCOCC4)c3)c(Cl)cn2)C1.C[C@H]1CNC[C@H](C(=O)Cc2cc(-c3cccc(NCC4CCOCC4)c3)c(Cl)cn2)C1. The molecule has 8 saturated heterocycles. The highest BCUT2D eigenvalue weighted by Crippen LogP contribution is 2.40. The van der Waals surface area contributed by atoms with Gasteiger partial charge in [0.2, 0.25) is 0 Å². The van der Waals surface area contributed by atoms with Gasteiger partial charge in [-0.3, -0.25) is 39.1 Å². The summed E-state index contributed by atoms with van der Waals surface area (Å²) in [6.07, 6.45) is 17.3. The maximum atomic E-state index is 12.8. The van der Waals surface area contributed by atoms with Crippen LogP contribution >= 0.6 is 58.0 Å². The smallest absolute Gasteiger partial charge is 0.168 e. The third kappa shape index (κ3) is 30.0. The number of Topliss-reactive ketones (excluding diaryl/α,β-unsaturated/α-hetero) is 4. The topological polar surface area (TPSA) is 271 Å². The molecule has 0 saturated carbocycles. The number of hydrogen-bond acceptors (Lipinski definition) is 22. The number of halogens is 5. The third-order valence-electron chi connectivity index (χ3n) is 25.1. The van der Waals surface area contributed by atoms with Gasteiger partial charge in [0.05, 0.1) is 57.3 Å². The average Bonchev–Trinajstić information content (AvgIpc) is 0.820. The van der Waals surface area contributed by atoms with Crippen LogP contribution in [0.3, 0.4) is 0 Å². The summed E-state index contributed by atoms with van der Waals surface area (Å²) < 4.78 is 33.7. The van der Waals surface area contributed by atoms with Gasteiger partial charge in [0.25, 0.3) is 0 Å². The molecule has 27 heteroatoms. The van der Waals surface area contributed by atoms with Crippen molar-refractivity contribution in [2.24, 2.45) is 47.3 Å². The number of benzene rings is 4. The number of anilines is 4.